The van der Waals surface area contributed by atoms with Crippen LogP contribution in [0.4, 0.5) is 0 Å². The molecule has 4 rings (SSSR count). The van der Waals surface area contributed by atoms with Crippen molar-refractivity contribution in [1.29, 1.82) is 0 Å². The highest BCUT2D eigenvalue weighted by Crippen LogP contribution is 2.22. The van der Waals surface area contributed by atoms with E-state index < -0.39 is 11.9 Å². The van der Waals surface area contributed by atoms with E-state index in [0.29, 0.717) is 0 Å². The van der Waals surface area contributed by atoms with Gasteiger partial charge in [-0.25, -0.2) is 0 Å². The largest absolute Gasteiger partial charge is 0.481 e. The lowest BCUT2D eigenvalue weighted by Gasteiger charge is -2.07. The predicted molar refractivity (Wildman–Crippen MR) is 115 cm³/mol. The smallest absolute Gasteiger partial charge is 0.307 e. The average molecular weight is 386 g/mol. The molecular formula is C25H22O4. The van der Waals surface area contributed by atoms with Crippen molar-refractivity contribution in [2.24, 2.45) is 0 Å². The van der Waals surface area contributed by atoms with Gasteiger partial charge in [-0.2, -0.15) is 0 Å². The highest BCUT2D eigenvalue weighted by molar-refractivity contribution is 5.87. The van der Waals surface area contributed by atoms with Gasteiger partial charge < -0.3 is 10.2 Å². The molecule has 4 heteroatoms. The number of aliphatic carboxylic acids is 2. The van der Waals surface area contributed by atoms with Crippen molar-refractivity contribution in [3.63, 3.8) is 0 Å². The Balaban J connectivity index is 0.000000166. The second-order valence-electron chi connectivity index (χ2n) is 6.89. The monoisotopic (exact) mass is 386 g/mol. The molecule has 0 atom stereocenters. The van der Waals surface area contributed by atoms with Gasteiger partial charge in [0.05, 0.1) is 12.8 Å². The van der Waals surface area contributed by atoms with Gasteiger partial charge in [-0.05, 0) is 45.2 Å². The van der Waals surface area contributed by atoms with Gasteiger partial charge in [0.1, 0.15) is 0 Å². The highest BCUT2D eigenvalue weighted by atomic mass is 16.4. The molecule has 29 heavy (non-hydrogen) atoms. The zero-order valence-electron chi connectivity index (χ0n) is 16.1. The Labute approximate surface area is 169 Å². The van der Waals surface area contributed by atoms with Gasteiger partial charge in [-0.1, -0.05) is 78.9 Å². The van der Waals surface area contributed by atoms with E-state index in [1.165, 1.54) is 0 Å². The molecule has 0 aliphatic heterocycles. The summed E-state index contributed by atoms with van der Waals surface area (Å²) >= 11 is 0. The van der Waals surface area contributed by atoms with Crippen LogP contribution in [0.5, 0.6) is 0 Å². The van der Waals surface area contributed by atoms with E-state index in [0.717, 1.165) is 38.2 Å². The third-order valence-electron chi connectivity index (χ3n) is 4.82. The number of hydrogen-bond donors (Lipinski definition) is 2. The minimum absolute atomic E-state index is 0.0881. The number of fused-ring (bicyclic) bond motifs is 2. The van der Waals surface area contributed by atoms with Crippen LogP contribution in [0.3, 0.4) is 0 Å². The molecule has 0 bridgehead atoms. The fourth-order valence-electron chi connectivity index (χ4n) is 3.35. The predicted octanol–water partition coefficient (Wildman–Crippen LogP) is 5.24. The van der Waals surface area contributed by atoms with Crippen molar-refractivity contribution in [3.05, 3.63) is 95.6 Å². The molecule has 0 saturated heterocycles. The van der Waals surface area contributed by atoms with Crippen LogP contribution in [0.2, 0.25) is 0 Å². The first-order valence-corrected chi connectivity index (χ1v) is 9.32. The lowest BCUT2D eigenvalue weighted by molar-refractivity contribution is -0.137. The van der Waals surface area contributed by atoms with Crippen LogP contribution in [-0.2, 0) is 22.4 Å². The first-order valence-electron chi connectivity index (χ1n) is 9.32. The van der Waals surface area contributed by atoms with Crippen LogP contribution >= 0.6 is 0 Å². The standard InChI is InChI=1S/C13H12O2.C12H10O2/c1-9-11(8-13(14)15)7-6-10-4-2-3-5-12(9)10;13-12(14)8-9-5-6-10-3-1-2-4-11(10)7-9/h2-7H,8H2,1H3,(H,14,15);1-7H,8H2,(H,13,14). The quantitative estimate of drug-likeness (QED) is 0.503. The van der Waals surface area contributed by atoms with Crippen molar-refractivity contribution in [1.82, 2.24) is 0 Å². The second kappa shape index (κ2) is 9.02. The fraction of sp³-hybridized carbons (Fsp3) is 0.120. The van der Waals surface area contributed by atoms with E-state index in [9.17, 15) is 9.59 Å². The van der Waals surface area contributed by atoms with E-state index in [-0.39, 0.29) is 12.8 Å². The minimum atomic E-state index is -0.791. The molecule has 0 amide bonds. The summed E-state index contributed by atoms with van der Waals surface area (Å²) < 4.78 is 0. The van der Waals surface area contributed by atoms with Crippen LogP contribution < -0.4 is 0 Å². The van der Waals surface area contributed by atoms with Gasteiger partial charge >= 0.3 is 11.9 Å². The summed E-state index contributed by atoms with van der Waals surface area (Å²) in [6.45, 7) is 1.97. The van der Waals surface area contributed by atoms with Crippen molar-refractivity contribution >= 4 is 33.5 Å². The number of rotatable bonds is 4. The maximum Gasteiger partial charge on any atom is 0.307 e. The van der Waals surface area contributed by atoms with Crippen LogP contribution in [0, 0.1) is 6.92 Å². The number of carboxylic acid groups (broad SMARTS) is 2. The van der Waals surface area contributed by atoms with Crippen molar-refractivity contribution in [2.45, 2.75) is 19.8 Å². The molecule has 0 radical (unpaired) electrons. The number of hydrogen-bond acceptors (Lipinski definition) is 2. The molecule has 0 unspecified atom stereocenters. The van der Waals surface area contributed by atoms with Crippen molar-refractivity contribution in [2.75, 3.05) is 0 Å². The van der Waals surface area contributed by atoms with Crippen molar-refractivity contribution in [3.8, 4) is 0 Å². The molecule has 0 aliphatic carbocycles. The van der Waals surface area contributed by atoms with Crippen LogP contribution in [0.25, 0.3) is 21.5 Å². The summed E-state index contributed by atoms with van der Waals surface area (Å²) in [6.07, 6.45) is 0.182. The maximum atomic E-state index is 10.7. The Morgan fingerprint density at radius 1 is 0.690 bits per heavy atom. The van der Waals surface area contributed by atoms with Crippen LogP contribution in [0.1, 0.15) is 16.7 Å². The van der Waals surface area contributed by atoms with E-state index in [2.05, 4.69) is 0 Å². The number of carbonyl (C=O) groups is 2. The van der Waals surface area contributed by atoms with E-state index in [1.54, 1.807) is 0 Å². The van der Waals surface area contributed by atoms with E-state index >= 15 is 0 Å². The Hall–Kier alpha value is -3.66. The first kappa shape index (κ1) is 20.1. The second-order valence-corrected chi connectivity index (χ2v) is 6.89. The molecule has 0 aliphatic rings. The van der Waals surface area contributed by atoms with Gasteiger partial charge in [0.15, 0.2) is 0 Å². The van der Waals surface area contributed by atoms with Gasteiger partial charge in [0.25, 0.3) is 0 Å². The fourth-order valence-corrected chi connectivity index (χ4v) is 3.35. The molecule has 0 aromatic heterocycles. The summed E-state index contributed by atoms with van der Waals surface area (Å²) in [5.74, 6) is -1.58. The average Bonchev–Trinajstić information content (AvgIpc) is 2.70. The molecule has 0 saturated carbocycles. The highest BCUT2D eigenvalue weighted by Gasteiger charge is 2.06. The molecule has 0 fully saturated rings. The summed E-state index contributed by atoms with van der Waals surface area (Å²) in [5, 5.41) is 21.9. The topological polar surface area (TPSA) is 74.6 Å². The van der Waals surface area contributed by atoms with Crippen molar-refractivity contribution < 1.29 is 19.8 Å². The third-order valence-corrected chi connectivity index (χ3v) is 4.82. The minimum Gasteiger partial charge on any atom is -0.481 e. The summed E-state index contributed by atoms with van der Waals surface area (Å²) in [5.41, 5.74) is 2.80. The Morgan fingerprint density at radius 2 is 1.28 bits per heavy atom. The molecule has 0 heterocycles. The Morgan fingerprint density at radius 3 is 1.97 bits per heavy atom. The normalized spacial score (nSPS) is 10.4. The summed E-state index contributed by atoms with van der Waals surface area (Å²) in [7, 11) is 0. The SMILES string of the molecule is Cc1c(CC(=O)O)ccc2ccccc12.O=C(O)Cc1ccc2ccccc2c1. The van der Waals surface area contributed by atoms with Gasteiger partial charge in [-0.15, -0.1) is 0 Å². The molecule has 4 aromatic carbocycles. The molecule has 4 nitrogen and oxygen atoms in total. The Bertz CT molecular complexity index is 1180. The number of carboxylic acids is 2. The first-order chi connectivity index (χ1) is 13.9. The molecule has 0 spiro atoms. The number of aryl methyl sites for hydroxylation is 1. The van der Waals surface area contributed by atoms with E-state index in [4.69, 9.17) is 10.2 Å². The zero-order valence-corrected chi connectivity index (χ0v) is 16.1. The maximum absolute atomic E-state index is 10.7. The number of benzene rings is 4. The summed E-state index contributed by atoms with van der Waals surface area (Å²) in [4.78, 5) is 21.2. The van der Waals surface area contributed by atoms with Gasteiger partial charge in [-0.3, -0.25) is 9.59 Å². The molecule has 4 aromatic rings. The summed E-state index contributed by atoms with van der Waals surface area (Å²) in [6, 6.07) is 25.5. The molecular weight excluding hydrogens is 364 g/mol. The Kier molecular flexibility index (Phi) is 6.25. The third kappa shape index (κ3) is 5.20. The van der Waals surface area contributed by atoms with E-state index in [1.807, 2.05) is 85.8 Å². The molecule has 2 N–H and O–H groups in total. The lowest BCUT2D eigenvalue weighted by atomic mass is 9.98. The lowest BCUT2D eigenvalue weighted by Crippen LogP contribution is -2.02. The van der Waals surface area contributed by atoms with Crippen LogP contribution in [-0.4, -0.2) is 22.2 Å². The zero-order chi connectivity index (χ0) is 20.8. The van der Waals surface area contributed by atoms with Gasteiger partial charge in [0, 0.05) is 0 Å². The molecule has 146 valence electrons. The van der Waals surface area contributed by atoms with Crippen LogP contribution in [0.15, 0.2) is 78.9 Å². The van der Waals surface area contributed by atoms with Gasteiger partial charge in [0.2, 0.25) is 0 Å².